The molecule has 11 heteroatoms. The number of esters is 2. The molecule has 1 saturated carbocycles. The van der Waals surface area contributed by atoms with Crippen molar-refractivity contribution in [1.82, 2.24) is 15.6 Å². The summed E-state index contributed by atoms with van der Waals surface area (Å²) in [4.78, 5) is 43.4. The maximum Gasteiger partial charge on any atom is 0.340 e. The van der Waals surface area contributed by atoms with E-state index in [4.69, 9.17) is 9.47 Å². The van der Waals surface area contributed by atoms with Crippen molar-refractivity contribution < 1.29 is 23.9 Å². The number of hydrogen-bond acceptors (Lipinski definition) is 9. The van der Waals surface area contributed by atoms with Gasteiger partial charge in [0.05, 0.1) is 35.0 Å². The Bertz CT molecular complexity index is 1200. The first-order valence-corrected chi connectivity index (χ1v) is 12.7. The van der Waals surface area contributed by atoms with Gasteiger partial charge in [-0.25, -0.2) is 19.4 Å². The summed E-state index contributed by atoms with van der Waals surface area (Å²) < 4.78 is 10.7. The van der Waals surface area contributed by atoms with Crippen molar-refractivity contribution in [2.75, 3.05) is 19.5 Å². The van der Waals surface area contributed by atoms with Crippen LogP contribution in [0.25, 0.3) is 0 Å². The van der Waals surface area contributed by atoms with Crippen molar-refractivity contribution in [3.8, 4) is 6.07 Å². The summed E-state index contributed by atoms with van der Waals surface area (Å²) in [5, 5.41) is 17.2. The SMILES string of the molecule is CCOC(=O)C1=C(COC(=O)c2cc(C3CC3)nc(SC)c2C#N)NC(=O)N[C@@H]1c1cccs1. The molecule has 176 valence electrons. The molecule has 34 heavy (non-hydrogen) atoms. The van der Waals surface area contributed by atoms with Crippen LogP contribution in [-0.2, 0) is 14.3 Å². The fourth-order valence-corrected chi connectivity index (χ4v) is 4.95. The third-order valence-corrected chi connectivity index (χ3v) is 6.97. The van der Waals surface area contributed by atoms with Crippen molar-refractivity contribution >= 4 is 41.1 Å². The molecule has 9 nitrogen and oxygen atoms in total. The minimum Gasteiger partial charge on any atom is -0.463 e. The van der Waals surface area contributed by atoms with E-state index in [1.807, 2.05) is 17.5 Å². The van der Waals surface area contributed by atoms with Crippen LogP contribution < -0.4 is 10.6 Å². The average molecular weight is 499 g/mol. The Labute approximate surface area is 204 Å². The third-order valence-electron chi connectivity index (χ3n) is 5.35. The monoisotopic (exact) mass is 498 g/mol. The molecule has 0 aromatic carbocycles. The fourth-order valence-electron chi connectivity index (χ4n) is 3.61. The smallest absolute Gasteiger partial charge is 0.340 e. The first-order chi connectivity index (χ1) is 16.5. The zero-order chi connectivity index (χ0) is 24.2. The Morgan fingerprint density at radius 1 is 1.32 bits per heavy atom. The summed E-state index contributed by atoms with van der Waals surface area (Å²) in [7, 11) is 0. The second-order valence-corrected chi connectivity index (χ2v) is 9.37. The minimum absolute atomic E-state index is 0.122. The molecule has 2 aromatic heterocycles. The van der Waals surface area contributed by atoms with Gasteiger partial charge in [0.1, 0.15) is 17.7 Å². The zero-order valence-corrected chi connectivity index (χ0v) is 20.2. The predicted molar refractivity (Wildman–Crippen MR) is 125 cm³/mol. The summed E-state index contributed by atoms with van der Waals surface area (Å²) in [5.74, 6) is -1.08. The molecule has 2 aliphatic rings. The van der Waals surface area contributed by atoms with Crippen LogP contribution in [0, 0.1) is 11.3 Å². The number of rotatable bonds is 8. The minimum atomic E-state index is -0.735. The quantitative estimate of drug-likeness (QED) is 0.417. The Morgan fingerprint density at radius 3 is 2.74 bits per heavy atom. The van der Waals surface area contributed by atoms with Crippen molar-refractivity contribution in [1.29, 1.82) is 5.26 Å². The van der Waals surface area contributed by atoms with Gasteiger partial charge < -0.3 is 20.1 Å². The number of nitriles is 1. The molecule has 0 unspecified atom stereocenters. The summed E-state index contributed by atoms with van der Waals surface area (Å²) in [6, 6.07) is 6.00. The number of thioether (sulfide) groups is 1. The first kappa shape index (κ1) is 23.8. The molecule has 0 radical (unpaired) electrons. The molecule has 3 heterocycles. The molecule has 1 aliphatic carbocycles. The molecule has 1 atom stereocenters. The zero-order valence-electron chi connectivity index (χ0n) is 18.5. The highest BCUT2D eigenvalue weighted by molar-refractivity contribution is 7.98. The first-order valence-electron chi connectivity index (χ1n) is 10.6. The van der Waals surface area contributed by atoms with Crippen LogP contribution in [0.15, 0.2) is 39.9 Å². The lowest BCUT2D eigenvalue weighted by molar-refractivity contribution is -0.139. The largest absolute Gasteiger partial charge is 0.463 e. The molecule has 2 N–H and O–H groups in total. The number of carbonyl (C=O) groups excluding carboxylic acids is 3. The number of hydrogen-bond donors (Lipinski definition) is 2. The number of ether oxygens (including phenoxy) is 2. The number of carbonyl (C=O) groups is 3. The number of amides is 2. The van der Waals surface area contributed by atoms with Gasteiger partial charge in [0.25, 0.3) is 0 Å². The molecular weight excluding hydrogens is 476 g/mol. The normalized spacial score (nSPS) is 17.4. The third kappa shape index (κ3) is 4.93. The summed E-state index contributed by atoms with van der Waals surface area (Å²) in [5.41, 5.74) is 1.32. The Hall–Kier alpha value is -3.36. The van der Waals surface area contributed by atoms with Gasteiger partial charge in [0, 0.05) is 16.5 Å². The van der Waals surface area contributed by atoms with E-state index in [2.05, 4.69) is 15.6 Å². The molecular formula is C23H22N4O5S2. The van der Waals surface area contributed by atoms with Gasteiger partial charge in [-0.1, -0.05) is 6.07 Å². The molecule has 1 fully saturated rings. The lowest BCUT2D eigenvalue weighted by Gasteiger charge is -2.28. The van der Waals surface area contributed by atoms with Crippen LogP contribution in [0.2, 0.25) is 0 Å². The van der Waals surface area contributed by atoms with E-state index in [9.17, 15) is 19.6 Å². The maximum absolute atomic E-state index is 13.0. The van der Waals surface area contributed by atoms with Crippen molar-refractivity contribution in [3.63, 3.8) is 0 Å². The van der Waals surface area contributed by atoms with Gasteiger partial charge in [0.15, 0.2) is 0 Å². The number of pyridine rings is 1. The second-order valence-electron chi connectivity index (χ2n) is 7.60. The number of aromatic nitrogens is 1. The van der Waals surface area contributed by atoms with Crippen LogP contribution >= 0.6 is 23.1 Å². The fraction of sp³-hybridized carbons (Fsp3) is 0.348. The number of thiophene rings is 1. The molecule has 2 aromatic rings. The molecule has 0 spiro atoms. The van der Waals surface area contributed by atoms with E-state index in [0.717, 1.165) is 23.4 Å². The van der Waals surface area contributed by atoms with Crippen LogP contribution in [0.4, 0.5) is 4.79 Å². The van der Waals surface area contributed by atoms with E-state index < -0.39 is 24.0 Å². The summed E-state index contributed by atoms with van der Waals surface area (Å²) in [6.07, 6.45) is 3.76. The number of nitrogens with zero attached hydrogens (tertiary/aromatic N) is 2. The molecule has 0 bridgehead atoms. The summed E-state index contributed by atoms with van der Waals surface area (Å²) >= 11 is 2.67. The van der Waals surface area contributed by atoms with E-state index >= 15 is 0 Å². The van der Waals surface area contributed by atoms with E-state index in [1.165, 1.54) is 23.1 Å². The Morgan fingerprint density at radius 2 is 2.12 bits per heavy atom. The van der Waals surface area contributed by atoms with Gasteiger partial charge in [-0.2, -0.15) is 5.26 Å². The molecule has 4 rings (SSSR count). The molecule has 0 saturated heterocycles. The second kappa shape index (κ2) is 10.3. The van der Waals surface area contributed by atoms with Crippen LogP contribution in [0.1, 0.15) is 58.2 Å². The molecule has 1 aliphatic heterocycles. The number of nitrogens with one attached hydrogen (secondary N) is 2. The van der Waals surface area contributed by atoms with Crippen molar-refractivity contribution in [3.05, 3.63) is 56.5 Å². The van der Waals surface area contributed by atoms with E-state index in [1.54, 1.807) is 25.3 Å². The van der Waals surface area contributed by atoms with E-state index in [0.29, 0.717) is 5.03 Å². The average Bonchev–Trinajstić information content (AvgIpc) is 3.54. The van der Waals surface area contributed by atoms with Gasteiger partial charge in [0.2, 0.25) is 0 Å². The maximum atomic E-state index is 13.0. The van der Waals surface area contributed by atoms with Crippen molar-refractivity contribution in [2.45, 2.75) is 36.8 Å². The number of urea groups is 1. The van der Waals surface area contributed by atoms with Crippen molar-refractivity contribution in [2.24, 2.45) is 0 Å². The highest BCUT2D eigenvalue weighted by Crippen LogP contribution is 2.40. The van der Waals surface area contributed by atoms with Crippen LogP contribution in [0.5, 0.6) is 0 Å². The van der Waals surface area contributed by atoms with E-state index in [-0.39, 0.29) is 41.5 Å². The highest BCUT2D eigenvalue weighted by atomic mass is 32.2. The topological polar surface area (TPSA) is 130 Å². The Kier molecular flexibility index (Phi) is 7.19. The highest BCUT2D eigenvalue weighted by Gasteiger charge is 2.35. The standard InChI is InChI=1S/C23H22N4O5S2/c1-3-31-22(29)18-16(26-23(30)27-19(18)17-5-4-8-34-17)11-32-21(28)13-9-15(12-6-7-12)25-20(33-2)14(13)10-24/h4-5,8-9,12,19H,3,6-7,11H2,1-2H3,(H2,26,27,30)/t19-/m1/s1. The van der Waals surface area contributed by atoms with Gasteiger partial charge in [-0.3, -0.25) is 0 Å². The van der Waals surface area contributed by atoms with Gasteiger partial charge in [-0.15, -0.1) is 23.1 Å². The lowest BCUT2D eigenvalue weighted by Crippen LogP contribution is -2.46. The van der Waals surface area contributed by atoms with Gasteiger partial charge in [-0.05, 0) is 43.5 Å². The predicted octanol–water partition coefficient (Wildman–Crippen LogP) is 3.64. The van der Waals surface area contributed by atoms with Crippen LogP contribution in [0.3, 0.4) is 0 Å². The lowest BCUT2D eigenvalue weighted by atomic mass is 10.0. The van der Waals surface area contributed by atoms with Crippen LogP contribution in [-0.4, -0.2) is 42.4 Å². The van der Waals surface area contributed by atoms with Gasteiger partial charge >= 0.3 is 18.0 Å². The Balaban J connectivity index is 1.65. The molecule has 2 amide bonds. The summed E-state index contributed by atoms with van der Waals surface area (Å²) in [6.45, 7) is 1.45.